The van der Waals surface area contributed by atoms with E-state index >= 15 is 0 Å². The second kappa shape index (κ2) is 4.20. The fourth-order valence-corrected chi connectivity index (χ4v) is 0.973. The molecule has 14 heavy (non-hydrogen) atoms. The Balaban J connectivity index is 3.08. The molecule has 0 spiro atoms. The molecule has 0 unspecified atom stereocenters. The van der Waals surface area contributed by atoms with Crippen molar-refractivity contribution >= 4 is 11.7 Å². The summed E-state index contributed by atoms with van der Waals surface area (Å²) in [5.74, 6) is -0.672. The van der Waals surface area contributed by atoms with Crippen molar-refractivity contribution < 1.29 is 19.4 Å². The Morgan fingerprint density at radius 3 is 2.36 bits per heavy atom. The lowest BCUT2D eigenvalue weighted by Gasteiger charge is -1.97. The molecule has 0 radical (unpaired) electrons. The Morgan fingerprint density at radius 2 is 2.00 bits per heavy atom. The van der Waals surface area contributed by atoms with Crippen LogP contribution in [0.15, 0.2) is 24.3 Å². The topological polar surface area (TPSA) is 82.9 Å². The van der Waals surface area contributed by atoms with E-state index in [2.05, 4.69) is 4.79 Å². The highest BCUT2D eigenvalue weighted by molar-refractivity contribution is 6.40. The SMILES string of the molecule is COc1ccc(C(=[N+]=[N-])C(=O)O)cc1. The molecule has 0 aliphatic rings. The Kier molecular flexibility index (Phi) is 2.99. The predicted molar refractivity (Wildman–Crippen MR) is 48.4 cm³/mol. The minimum atomic E-state index is -1.28. The van der Waals surface area contributed by atoms with Crippen molar-refractivity contribution in [3.8, 4) is 5.75 Å². The van der Waals surface area contributed by atoms with E-state index in [0.29, 0.717) is 11.3 Å². The number of carbonyl (C=O) groups is 1. The number of carboxylic acids is 1. The van der Waals surface area contributed by atoms with Crippen LogP contribution in [0.25, 0.3) is 5.53 Å². The van der Waals surface area contributed by atoms with E-state index in [4.69, 9.17) is 15.4 Å². The predicted octanol–water partition coefficient (Wildman–Crippen LogP) is 0.799. The summed E-state index contributed by atoms with van der Waals surface area (Å²) in [6.45, 7) is 0. The Bertz CT molecular complexity index is 391. The van der Waals surface area contributed by atoms with E-state index in [1.165, 1.54) is 19.2 Å². The molecule has 1 aromatic carbocycles. The number of hydrogen-bond acceptors (Lipinski definition) is 2. The molecule has 0 atom stereocenters. The standard InChI is InChI=1S/C9H8N2O3/c1-14-7-4-2-6(3-5-7)8(11-10)9(12)13/h2-5H,1H3,(H,12,13). The van der Waals surface area contributed by atoms with Gasteiger partial charge in [-0.15, -0.1) is 0 Å². The van der Waals surface area contributed by atoms with Crippen LogP contribution >= 0.6 is 0 Å². The molecular formula is C9H8N2O3. The van der Waals surface area contributed by atoms with Gasteiger partial charge in [0.2, 0.25) is 0 Å². The van der Waals surface area contributed by atoms with Crippen LogP contribution in [0.4, 0.5) is 0 Å². The van der Waals surface area contributed by atoms with Crippen molar-refractivity contribution in [2.45, 2.75) is 0 Å². The van der Waals surface area contributed by atoms with Crippen molar-refractivity contribution in [2.24, 2.45) is 0 Å². The van der Waals surface area contributed by atoms with Gasteiger partial charge in [0.15, 0.2) is 0 Å². The van der Waals surface area contributed by atoms with Crippen molar-refractivity contribution in [3.63, 3.8) is 0 Å². The lowest BCUT2D eigenvalue weighted by Crippen LogP contribution is -2.15. The zero-order chi connectivity index (χ0) is 10.6. The van der Waals surface area contributed by atoms with Crippen molar-refractivity contribution in [3.05, 3.63) is 35.4 Å². The van der Waals surface area contributed by atoms with Gasteiger partial charge in [-0.1, -0.05) is 0 Å². The molecule has 0 saturated carbocycles. The van der Waals surface area contributed by atoms with E-state index in [1.807, 2.05) is 0 Å². The maximum Gasteiger partial charge on any atom is 0.419 e. The van der Waals surface area contributed by atoms with Gasteiger partial charge in [0.05, 0.1) is 12.7 Å². The summed E-state index contributed by atoms with van der Waals surface area (Å²) in [5.41, 5.74) is 8.38. The molecule has 0 saturated heterocycles. The normalized spacial score (nSPS) is 8.93. The van der Waals surface area contributed by atoms with Gasteiger partial charge in [0.25, 0.3) is 0 Å². The van der Waals surface area contributed by atoms with Crippen LogP contribution < -0.4 is 4.74 Å². The van der Waals surface area contributed by atoms with Crippen LogP contribution in [-0.4, -0.2) is 28.7 Å². The molecule has 0 fully saturated rings. The highest BCUT2D eigenvalue weighted by Gasteiger charge is 2.20. The van der Waals surface area contributed by atoms with E-state index in [0.717, 1.165) is 0 Å². The smallest absolute Gasteiger partial charge is 0.419 e. The third kappa shape index (κ3) is 1.97. The number of aliphatic carboxylic acids is 1. The van der Waals surface area contributed by atoms with Crippen LogP contribution in [-0.2, 0) is 4.79 Å². The van der Waals surface area contributed by atoms with Crippen molar-refractivity contribution in [1.29, 1.82) is 0 Å². The zero-order valence-corrected chi connectivity index (χ0v) is 7.47. The third-order valence-electron chi connectivity index (χ3n) is 1.67. The Labute approximate surface area is 80.2 Å². The Morgan fingerprint density at radius 1 is 1.43 bits per heavy atom. The number of hydrogen-bond donors (Lipinski definition) is 1. The lowest BCUT2D eigenvalue weighted by molar-refractivity contribution is -0.133. The van der Waals surface area contributed by atoms with Gasteiger partial charge in [0.1, 0.15) is 5.75 Å². The summed E-state index contributed by atoms with van der Waals surface area (Å²) in [6, 6.07) is 6.18. The average molecular weight is 192 g/mol. The van der Waals surface area contributed by atoms with Crippen molar-refractivity contribution in [2.75, 3.05) is 7.11 Å². The van der Waals surface area contributed by atoms with Crippen LogP contribution in [0.2, 0.25) is 0 Å². The molecule has 72 valence electrons. The Hall–Kier alpha value is -2.13. The number of methoxy groups -OCH3 is 1. The molecule has 1 rings (SSSR count). The second-order valence-corrected chi connectivity index (χ2v) is 2.48. The number of carboxylic acid groups (broad SMARTS) is 1. The maximum absolute atomic E-state index is 10.6. The molecule has 0 aliphatic heterocycles. The first-order valence-electron chi connectivity index (χ1n) is 3.79. The molecule has 1 N–H and O–H groups in total. The summed E-state index contributed by atoms with van der Waals surface area (Å²) in [7, 11) is 1.51. The zero-order valence-electron chi connectivity index (χ0n) is 7.47. The molecule has 0 heterocycles. The van der Waals surface area contributed by atoms with Crippen LogP contribution in [0.3, 0.4) is 0 Å². The van der Waals surface area contributed by atoms with E-state index in [-0.39, 0.29) is 0 Å². The first-order valence-corrected chi connectivity index (χ1v) is 3.79. The summed E-state index contributed by atoms with van der Waals surface area (Å²) in [4.78, 5) is 13.3. The second-order valence-electron chi connectivity index (χ2n) is 2.48. The molecule has 0 aromatic heterocycles. The molecule has 0 bridgehead atoms. The highest BCUT2D eigenvalue weighted by Crippen LogP contribution is 2.11. The minimum absolute atomic E-state index is 0.320. The average Bonchev–Trinajstić information content (AvgIpc) is 2.19. The molecule has 0 amide bonds. The lowest BCUT2D eigenvalue weighted by atomic mass is 10.1. The molecule has 1 aromatic rings. The molecule has 5 heteroatoms. The molecule has 0 aliphatic carbocycles. The van der Waals surface area contributed by atoms with E-state index in [1.54, 1.807) is 12.1 Å². The largest absolute Gasteiger partial charge is 0.497 e. The fraction of sp³-hybridized carbons (Fsp3) is 0.111. The van der Waals surface area contributed by atoms with Gasteiger partial charge in [0, 0.05) is 0 Å². The number of benzene rings is 1. The summed E-state index contributed by atoms with van der Waals surface area (Å²) >= 11 is 0. The summed E-state index contributed by atoms with van der Waals surface area (Å²) < 4.78 is 4.89. The van der Waals surface area contributed by atoms with E-state index in [9.17, 15) is 4.79 Å². The summed E-state index contributed by atoms with van der Waals surface area (Å²) in [6.07, 6.45) is 0. The fourth-order valence-electron chi connectivity index (χ4n) is 0.973. The first-order chi connectivity index (χ1) is 6.69. The van der Waals surface area contributed by atoms with E-state index < -0.39 is 11.7 Å². The maximum atomic E-state index is 10.6. The van der Waals surface area contributed by atoms with Crippen LogP contribution in [0, 0.1) is 0 Å². The van der Waals surface area contributed by atoms with Crippen LogP contribution in [0.1, 0.15) is 5.56 Å². The van der Waals surface area contributed by atoms with Gasteiger partial charge in [-0.3, -0.25) is 0 Å². The highest BCUT2D eigenvalue weighted by atomic mass is 16.5. The third-order valence-corrected chi connectivity index (χ3v) is 1.67. The monoisotopic (exact) mass is 192 g/mol. The number of ether oxygens (including phenoxy) is 1. The van der Waals surface area contributed by atoms with Gasteiger partial charge in [-0.2, -0.15) is 4.79 Å². The van der Waals surface area contributed by atoms with Gasteiger partial charge < -0.3 is 15.4 Å². The number of nitrogens with zero attached hydrogens (tertiary/aromatic N) is 2. The van der Waals surface area contributed by atoms with Gasteiger partial charge in [-0.05, 0) is 24.3 Å². The van der Waals surface area contributed by atoms with Gasteiger partial charge in [-0.25, -0.2) is 4.79 Å². The molecule has 5 nitrogen and oxygen atoms in total. The minimum Gasteiger partial charge on any atom is -0.497 e. The number of rotatable bonds is 3. The van der Waals surface area contributed by atoms with Gasteiger partial charge >= 0.3 is 11.7 Å². The quantitative estimate of drug-likeness (QED) is 0.436. The van der Waals surface area contributed by atoms with Crippen LogP contribution in [0.5, 0.6) is 5.75 Å². The first kappa shape index (κ1) is 9.95. The molecular weight excluding hydrogens is 184 g/mol. The summed E-state index contributed by atoms with van der Waals surface area (Å²) in [5, 5.41) is 8.63. The van der Waals surface area contributed by atoms with Crippen molar-refractivity contribution in [1.82, 2.24) is 0 Å².